The van der Waals surface area contributed by atoms with Crippen molar-refractivity contribution in [3.05, 3.63) is 46.0 Å². The zero-order chi connectivity index (χ0) is 18.6. The molecule has 0 spiro atoms. The van der Waals surface area contributed by atoms with E-state index in [1.807, 2.05) is 19.1 Å². The van der Waals surface area contributed by atoms with Gasteiger partial charge in [0.25, 0.3) is 0 Å². The first-order valence-electron chi connectivity index (χ1n) is 7.39. The molecular formula is C17H17N3O4S. The molecular weight excluding hydrogens is 342 g/mol. The van der Waals surface area contributed by atoms with Crippen LogP contribution in [0.3, 0.4) is 0 Å². The van der Waals surface area contributed by atoms with Crippen molar-refractivity contribution in [3.63, 3.8) is 0 Å². The lowest BCUT2D eigenvalue weighted by Gasteiger charge is -2.30. The standard InChI is InChI=1S/C17H17N3O4S/c1-9-3-5-10(6-4-9)13-11(7-18)16(25-8-12(19)21)20-15(22)14(13)17(23)24-2/h3-6,13-14H,8H2,1-2H3,(H2,19,21)(H,20,22)/t13?,14-/m0/s1. The highest BCUT2D eigenvalue weighted by Gasteiger charge is 2.44. The van der Waals surface area contributed by atoms with Gasteiger partial charge in [0, 0.05) is 5.92 Å². The van der Waals surface area contributed by atoms with Gasteiger partial charge in [0.05, 0.1) is 29.5 Å². The molecule has 25 heavy (non-hydrogen) atoms. The maximum atomic E-state index is 12.5. The number of methoxy groups -OCH3 is 1. The van der Waals surface area contributed by atoms with Crippen LogP contribution >= 0.6 is 11.8 Å². The number of nitrogens with two attached hydrogens (primary N) is 1. The molecule has 0 radical (unpaired) electrons. The van der Waals surface area contributed by atoms with Crippen LogP contribution in [-0.4, -0.2) is 30.6 Å². The van der Waals surface area contributed by atoms with Gasteiger partial charge in [-0.3, -0.25) is 14.4 Å². The number of hydrogen-bond acceptors (Lipinski definition) is 6. The van der Waals surface area contributed by atoms with Crippen molar-refractivity contribution in [3.8, 4) is 6.07 Å². The molecule has 0 bridgehead atoms. The molecule has 1 aliphatic heterocycles. The van der Waals surface area contributed by atoms with Crippen molar-refractivity contribution in [1.29, 1.82) is 5.26 Å². The highest BCUT2D eigenvalue weighted by Crippen LogP contribution is 2.40. The molecule has 0 aromatic heterocycles. The summed E-state index contributed by atoms with van der Waals surface area (Å²) in [4.78, 5) is 35.7. The van der Waals surface area contributed by atoms with Crippen LogP contribution in [0.5, 0.6) is 0 Å². The van der Waals surface area contributed by atoms with E-state index in [0.717, 1.165) is 17.3 Å². The molecule has 1 aliphatic rings. The number of thioether (sulfide) groups is 1. The third-order valence-corrected chi connectivity index (χ3v) is 4.82. The Morgan fingerprint density at radius 3 is 2.52 bits per heavy atom. The Morgan fingerprint density at radius 1 is 1.36 bits per heavy atom. The number of carbonyl (C=O) groups is 3. The maximum absolute atomic E-state index is 12.5. The maximum Gasteiger partial charge on any atom is 0.319 e. The Hall–Kier alpha value is -2.79. The van der Waals surface area contributed by atoms with Crippen molar-refractivity contribution in [1.82, 2.24) is 5.32 Å². The molecule has 7 nitrogen and oxygen atoms in total. The van der Waals surface area contributed by atoms with E-state index in [1.54, 1.807) is 12.1 Å². The highest BCUT2D eigenvalue weighted by atomic mass is 32.2. The predicted octanol–water partition coefficient (Wildman–Crippen LogP) is 0.951. The minimum Gasteiger partial charge on any atom is -0.468 e. The molecule has 0 saturated heterocycles. The van der Waals surface area contributed by atoms with Crippen molar-refractivity contribution >= 4 is 29.5 Å². The van der Waals surface area contributed by atoms with Gasteiger partial charge in [-0.25, -0.2) is 0 Å². The highest BCUT2D eigenvalue weighted by molar-refractivity contribution is 8.03. The lowest BCUT2D eigenvalue weighted by molar-refractivity contribution is -0.150. The first kappa shape index (κ1) is 18.5. The molecule has 1 aromatic carbocycles. The number of ether oxygens (including phenoxy) is 1. The number of primary amides is 1. The van der Waals surface area contributed by atoms with E-state index in [9.17, 15) is 19.6 Å². The fourth-order valence-electron chi connectivity index (χ4n) is 2.60. The van der Waals surface area contributed by atoms with Gasteiger partial charge in [-0.2, -0.15) is 5.26 Å². The third kappa shape index (κ3) is 4.00. The largest absolute Gasteiger partial charge is 0.468 e. The van der Waals surface area contributed by atoms with Gasteiger partial charge in [-0.15, -0.1) is 0 Å². The summed E-state index contributed by atoms with van der Waals surface area (Å²) < 4.78 is 4.75. The van der Waals surface area contributed by atoms with Crippen molar-refractivity contribution in [2.75, 3.05) is 12.9 Å². The Labute approximate surface area is 149 Å². The number of hydrogen-bond donors (Lipinski definition) is 2. The fraction of sp³-hybridized carbons (Fsp3) is 0.294. The SMILES string of the molecule is COC(=O)[C@@H]1C(=O)NC(SCC(N)=O)=C(C#N)C1c1ccc(C)cc1. The van der Waals surface area contributed by atoms with Crippen LogP contribution in [0.1, 0.15) is 17.0 Å². The molecule has 0 aliphatic carbocycles. The van der Waals surface area contributed by atoms with Gasteiger partial charge in [0.15, 0.2) is 0 Å². The predicted molar refractivity (Wildman–Crippen MR) is 91.9 cm³/mol. The Bertz CT molecular complexity index is 780. The van der Waals surface area contributed by atoms with Crippen LogP contribution in [0, 0.1) is 24.2 Å². The lowest BCUT2D eigenvalue weighted by atomic mass is 9.78. The zero-order valence-corrected chi connectivity index (χ0v) is 14.6. The Kier molecular flexibility index (Phi) is 5.83. The molecule has 3 N–H and O–H groups in total. The van der Waals surface area contributed by atoms with Gasteiger partial charge in [0.2, 0.25) is 11.8 Å². The monoisotopic (exact) mass is 359 g/mol. The van der Waals surface area contributed by atoms with Crippen molar-refractivity contribution < 1.29 is 19.1 Å². The van der Waals surface area contributed by atoms with Crippen LogP contribution < -0.4 is 11.1 Å². The van der Waals surface area contributed by atoms with Gasteiger partial charge < -0.3 is 15.8 Å². The first-order valence-corrected chi connectivity index (χ1v) is 8.38. The van der Waals surface area contributed by atoms with Gasteiger partial charge >= 0.3 is 5.97 Å². The number of nitrogens with zero attached hydrogens (tertiary/aromatic N) is 1. The molecule has 0 saturated carbocycles. The third-order valence-electron chi connectivity index (χ3n) is 3.78. The minimum absolute atomic E-state index is 0.0930. The normalized spacial score (nSPS) is 19.8. The second-order valence-electron chi connectivity index (χ2n) is 5.49. The van der Waals surface area contributed by atoms with E-state index < -0.39 is 29.6 Å². The molecule has 0 fully saturated rings. The van der Waals surface area contributed by atoms with Gasteiger partial charge in [0.1, 0.15) is 5.92 Å². The number of allylic oxidation sites excluding steroid dienone is 1. The van der Waals surface area contributed by atoms with Crippen molar-refractivity contribution in [2.45, 2.75) is 12.8 Å². The van der Waals surface area contributed by atoms with E-state index >= 15 is 0 Å². The average Bonchev–Trinajstić information content (AvgIpc) is 2.59. The van der Waals surface area contributed by atoms with Crippen LogP contribution in [0.25, 0.3) is 0 Å². The van der Waals surface area contributed by atoms with Crippen LogP contribution in [-0.2, 0) is 19.1 Å². The minimum atomic E-state index is -1.18. The van der Waals surface area contributed by atoms with Crippen LogP contribution in [0.2, 0.25) is 0 Å². The number of nitriles is 1. The summed E-state index contributed by atoms with van der Waals surface area (Å²) in [6, 6.07) is 9.26. The zero-order valence-electron chi connectivity index (χ0n) is 13.7. The second-order valence-corrected chi connectivity index (χ2v) is 6.47. The molecule has 1 aromatic rings. The van der Waals surface area contributed by atoms with E-state index in [0.29, 0.717) is 5.56 Å². The van der Waals surface area contributed by atoms with E-state index in [1.165, 1.54) is 7.11 Å². The topological polar surface area (TPSA) is 122 Å². The quantitative estimate of drug-likeness (QED) is 0.596. The molecule has 8 heteroatoms. The smallest absolute Gasteiger partial charge is 0.319 e. The molecule has 2 atom stereocenters. The molecule has 2 amide bonds. The number of carbonyl (C=O) groups excluding carboxylic acids is 3. The van der Waals surface area contributed by atoms with E-state index in [2.05, 4.69) is 11.4 Å². The van der Waals surface area contributed by atoms with E-state index in [-0.39, 0.29) is 16.4 Å². The first-order chi connectivity index (χ1) is 11.9. The van der Waals surface area contributed by atoms with Gasteiger partial charge in [-0.05, 0) is 12.5 Å². The number of nitrogens with one attached hydrogen (secondary N) is 1. The number of amides is 2. The summed E-state index contributed by atoms with van der Waals surface area (Å²) in [5, 5.41) is 12.4. The average molecular weight is 359 g/mol. The Balaban J connectivity index is 2.57. The molecule has 130 valence electrons. The van der Waals surface area contributed by atoms with Gasteiger partial charge in [-0.1, -0.05) is 41.6 Å². The summed E-state index contributed by atoms with van der Waals surface area (Å²) in [6.45, 7) is 1.91. The number of aryl methyl sites for hydroxylation is 1. The Morgan fingerprint density at radius 2 is 2.00 bits per heavy atom. The number of benzene rings is 1. The summed E-state index contributed by atoms with van der Waals surface area (Å²) in [6.07, 6.45) is 0. The van der Waals surface area contributed by atoms with Crippen LogP contribution in [0.4, 0.5) is 0 Å². The van der Waals surface area contributed by atoms with E-state index in [4.69, 9.17) is 10.5 Å². The summed E-state index contributed by atoms with van der Waals surface area (Å²) in [5.41, 5.74) is 6.98. The number of esters is 1. The molecule has 2 rings (SSSR count). The fourth-order valence-corrected chi connectivity index (χ4v) is 3.38. The van der Waals surface area contributed by atoms with Crippen molar-refractivity contribution in [2.24, 2.45) is 11.7 Å². The molecule has 1 heterocycles. The number of rotatable bonds is 5. The molecule has 1 unspecified atom stereocenters. The lowest BCUT2D eigenvalue weighted by Crippen LogP contribution is -2.44. The summed E-state index contributed by atoms with van der Waals surface area (Å²) >= 11 is 0.963. The summed E-state index contributed by atoms with van der Waals surface area (Å²) in [5.74, 6) is -3.95. The van der Waals surface area contributed by atoms with Crippen LogP contribution in [0.15, 0.2) is 34.9 Å². The second kappa shape index (κ2) is 7.85. The summed E-state index contributed by atoms with van der Waals surface area (Å²) in [7, 11) is 1.19.